The molecule has 11 nitrogen and oxygen atoms in total. The zero-order chi connectivity index (χ0) is 32.5. The van der Waals surface area contributed by atoms with Gasteiger partial charge in [-0.05, 0) is 112 Å². The van der Waals surface area contributed by atoms with Crippen LogP contribution >= 0.6 is 0 Å². The molecule has 8 N–H and O–H groups in total. The van der Waals surface area contributed by atoms with E-state index in [1.807, 2.05) is 0 Å². The maximum absolute atomic E-state index is 11.9. The fraction of sp³-hybridized carbons (Fsp3) is 0.970. The highest BCUT2D eigenvalue weighted by molar-refractivity contribution is 5.73. The molecule has 4 saturated carbocycles. The van der Waals surface area contributed by atoms with Gasteiger partial charge >= 0.3 is 5.97 Å². The molecule has 0 spiro atoms. The highest BCUT2D eigenvalue weighted by Gasteiger charge is 2.66. The Morgan fingerprint density at radius 2 is 1.66 bits per heavy atom. The van der Waals surface area contributed by atoms with Crippen molar-refractivity contribution in [1.82, 2.24) is 0 Å². The first-order chi connectivity index (χ1) is 20.4. The Kier molecular flexibility index (Phi) is 9.62. The van der Waals surface area contributed by atoms with Gasteiger partial charge in [0.25, 0.3) is 0 Å². The molecule has 1 unspecified atom stereocenters. The van der Waals surface area contributed by atoms with Gasteiger partial charge in [0, 0.05) is 6.42 Å². The lowest BCUT2D eigenvalue weighted by molar-refractivity contribution is -0.311. The van der Waals surface area contributed by atoms with Gasteiger partial charge < -0.3 is 50.3 Å². The number of aliphatic carboxylic acids is 1. The Hall–Kier alpha value is -0.890. The fourth-order valence-electron chi connectivity index (χ4n) is 10.8. The maximum atomic E-state index is 11.9. The molecular formula is C33H56O11. The van der Waals surface area contributed by atoms with Gasteiger partial charge in [-0.15, -0.1) is 0 Å². The van der Waals surface area contributed by atoms with Crippen molar-refractivity contribution in [2.75, 3.05) is 0 Å². The second-order valence-corrected chi connectivity index (χ2v) is 16.2. The zero-order valence-corrected chi connectivity index (χ0v) is 26.8. The van der Waals surface area contributed by atoms with E-state index in [0.717, 1.165) is 19.3 Å². The number of fused-ring (bicyclic) bond motifs is 5. The summed E-state index contributed by atoms with van der Waals surface area (Å²) in [6.07, 6.45) is -4.48. The Morgan fingerprint density at radius 1 is 0.977 bits per heavy atom. The molecule has 0 radical (unpaired) electrons. The number of aliphatic hydroxyl groups excluding tert-OH is 6. The number of hydrogen-bond donors (Lipinski definition) is 8. The molecule has 5 rings (SSSR count). The average molecular weight is 629 g/mol. The van der Waals surface area contributed by atoms with E-state index < -0.39 is 60.6 Å². The topological polar surface area (TPSA) is 197 Å². The van der Waals surface area contributed by atoms with Crippen molar-refractivity contribution in [3.8, 4) is 0 Å². The normalized spacial score (nSPS) is 50.7. The molecule has 0 aromatic heterocycles. The monoisotopic (exact) mass is 628 g/mol. The predicted molar refractivity (Wildman–Crippen MR) is 158 cm³/mol. The van der Waals surface area contributed by atoms with Crippen molar-refractivity contribution >= 4 is 5.97 Å². The molecule has 44 heavy (non-hydrogen) atoms. The van der Waals surface area contributed by atoms with Crippen LogP contribution in [-0.2, 0) is 14.3 Å². The van der Waals surface area contributed by atoms with Crippen LogP contribution in [0.1, 0.15) is 92.4 Å². The average Bonchev–Trinajstić information content (AvgIpc) is 3.27. The fourth-order valence-corrected chi connectivity index (χ4v) is 10.8. The van der Waals surface area contributed by atoms with E-state index in [2.05, 4.69) is 20.8 Å². The van der Waals surface area contributed by atoms with E-state index in [9.17, 15) is 45.6 Å². The third-order valence-corrected chi connectivity index (χ3v) is 13.0. The SMILES string of the molecule is C[C@H](C[C@@H](O)CC(C)(C)O)[C@H]1CC[C@H]2[C@@H]3[C@H](O)C[C@@H]4C[C@H](O[C@@H]5O[C@H](C(=O)O)[C@@H](O)C(O)[C@H]5O)CC[C@]4(C)[C@H]3C[C@H](O)[C@]12C. The molecular weight excluding hydrogens is 572 g/mol. The van der Waals surface area contributed by atoms with E-state index in [4.69, 9.17) is 9.47 Å². The van der Waals surface area contributed by atoms with Gasteiger partial charge in [-0.1, -0.05) is 20.8 Å². The van der Waals surface area contributed by atoms with Gasteiger partial charge in [0.1, 0.15) is 18.3 Å². The number of rotatable bonds is 8. The van der Waals surface area contributed by atoms with Crippen molar-refractivity contribution in [3.63, 3.8) is 0 Å². The number of carboxylic acids is 1. The summed E-state index contributed by atoms with van der Waals surface area (Å²) in [5, 5.41) is 84.6. The van der Waals surface area contributed by atoms with Crippen molar-refractivity contribution < 1.29 is 55.1 Å². The zero-order valence-electron chi connectivity index (χ0n) is 26.8. The molecule has 0 aromatic carbocycles. The van der Waals surface area contributed by atoms with E-state index in [-0.39, 0.29) is 52.4 Å². The molecule has 0 amide bonds. The van der Waals surface area contributed by atoms with E-state index in [0.29, 0.717) is 38.5 Å². The standard InChI is InChI=1S/C33H56O11/c1-15(10-17(34)14-31(2,3)42)19-6-7-20-24-21(13-23(36)33(19,20)5)32(4)9-8-18(11-16(32)12-22(24)35)43-30-27(39)25(37)26(38)28(44-30)29(40)41/h15-28,30,34-39,42H,6-14H2,1-5H3,(H,40,41)/t15-,16+,17-,18-,19-,20+,21+,22-,23+,24+,25?,26+,27-,28+,30-,32+,33-/m1/s1. The van der Waals surface area contributed by atoms with Crippen LogP contribution in [0.15, 0.2) is 0 Å². The van der Waals surface area contributed by atoms with Gasteiger partial charge in [-0.2, -0.15) is 0 Å². The van der Waals surface area contributed by atoms with Crippen molar-refractivity contribution in [2.24, 2.45) is 46.3 Å². The molecule has 5 aliphatic rings. The largest absolute Gasteiger partial charge is 0.479 e. The molecule has 0 aromatic rings. The van der Waals surface area contributed by atoms with Gasteiger partial charge in [-0.25, -0.2) is 4.79 Å². The first-order valence-corrected chi connectivity index (χ1v) is 16.7. The second kappa shape index (κ2) is 12.3. The Morgan fingerprint density at radius 3 is 2.30 bits per heavy atom. The third kappa shape index (κ3) is 5.99. The minimum atomic E-state index is -1.78. The van der Waals surface area contributed by atoms with Crippen molar-refractivity contribution in [2.45, 2.75) is 153 Å². The van der Waals surface area contributed by atoms with Gasteiger partial charge in [-0.3, -0.25) is 0 Å². The van der Waals surface area contributed by atoms with Crippen LogP contribution in [-0.4, -0.2) is 108 Å². The lowest BCUT2D eigenvalue weighted by atomic mass is 9.43. The maximum Gasteiger partial charge on any atom is 0.335 e. The highest BCUT2D eigenvalue weighted by Crippen LogP contribution is 2.68. The summed E-state index contributed by atoms with van der Waals surface area (Å²) >= 11 is 0. The molecule has 5 fully saturated rings. The van der Waals surface area contributed by atoms with Crippen LogP contribution in [0.4, 0.5) is 0 Å². The van der Waals surface area contributed by atoms with Crippen LogP contribution in [0, 0.1) is 46.3 Å². The molecule has 11 heteroatoms. The van der Waals surface area contributed by atoms with Crippen LogP contribution in [0.3, 0.4) is 0 Å². The summed E-state index contributed by atoms with van der Waals surface area (Å²) in [4.78, 5) is 11.5. The summed E-state index contributed by atoms with van der Waals surface area (Å²) in [6.45, 7) is 10.0. The molecule has 1 saturated heterocycles. The smallest absolute Gasteiger partial charge is 0.335 e. The third-order valence-electron chi connectivity index (χ3n) is 13.0. The first kappa shape index (κ1) is 34.4. The Labute approximate surface area is 260 Å². The number of carboxylic acid groups (broad SMARTS) is 1. The molecule has 17 atom stereocenters. The Bertz CT molecular complexity index is 1030. The number of ether oxygens (including phenoxy) is 2. The molecule has 254 valence electrons. The van der Waals surface area contributed by atoms with E-state index in [1.54, 1.807) is 13.8 Å². The minimum Gasteiger partial charge on any atom is -0.479 e. The minimum absolute atomic E-state index is 0.0528. The Balaban J connectivity index is 1.28. The number of carbonyl (C=O) groups is 1. The molecule has 1 aliphatic heterocycles. The van der Waals surface area contributed by atoms with Crippen molar-refractivity contribution in [1.29, 1.82) is 0 Å². The number of aliphatic hydroxyl groups is 7. The van der Waals surface area contributed by atoms with Gasteiger partial charge in [0.15, 0.2) is 12.4 Å². The lowest BCUT2D eigenvalue weighted by Gasteiger charge is -2.63. The van der Waals surface area contributed by atoms with E-state index >= 15 is 0 Å². The summed E-state index contributed by atoms with van der Waals surface area (Å²) in [5.74, 6) is -0.694. The van der Waals surface area contributed by atoms with Gasteiger partial charge in [0.05, 0.1) is 30.0 Å². The molecule has 0 bridgehead atoms. The quantitative estimate of drug-likeness (QED) is 0.181. The van der Waals surface area contributed by atoms with E-state index in [1.165, 1.54) is 0 Å². The summed E-state index contributed by atoms with van der Waals surface area (Å²) < 4.78 is 11.4. The molecule has 1 heterocycles. The van der Waals surface area contributed by atoms with Crippen molar-refractivity contribution in [3.05, 3.63) is 0 Å². The first-order valence-electron chi connectivity index (χ1n) is 16.7. The van der Waals surface area contributed by atoms with Crippen LogP contribution in [0.5, 0.6) is 0 Å². The summed E-state index contributed by atoms with van der Waals surface area (Å²) in [7, 11) is 0. The predicted octanol–water partition coefficient (Wildman–Crippen LogP) is 1.41. The van der Waals surface area contributed by atoms with Crippen LogP contribution < -0.4 is 0 Å². The number of hydrogen-bond acceptors (Lipinski definition) is 10. The summed E-state index contributed by atoms with van der Waals surface area (Å²) in [6, 6.07) is 0. The lowest BCUT2D eigenvalue weighted by Crippen LogP contribution is -2.63. The van der Waals surface area contributed by atoms with Crippen LogP contribution in [0.2, 0.25) is 0 Å². The van der Waals surface area contributed by atoms with Crippen LogP contribution in [0.25, 0.3) is 0 Å². The summed E-state index contributed by atoms with van der Waals surface area (Å²) in [5.41, 5.74) is -1.47. The molecule has 4 aliphatic carbocycles. The van der Waals surface area contributed by atoms with Gasteiger partial charge in [0.2, 0.25) is 0 Å². The highest BCUT2D eigenvalue weighted by atomic mass is 16.7. The second-order valence-electron chi connectivity index (χ2n) is 16.2.